The number of hydrogen-bond donors (Lipinski definition) is 9. The Morgan fingerprint density at radius 2 is 0.805 bits per heavy atom. The zero-order valence-electron chi connectivity index (χ0n) is 52.2. The molecule has 1 amide bonds. The van der Waals surface area contributed by atoms with Crippen molar-refractivity contribution in [3.8, 4) is 0 Å². The van der Waals surface area contributed by atoms with Gasteiger partial charge in [0.1, 0.15) is 48.8 Å². The van der Waals surface area contributed by atoms with E-state index >= 15 is 0 Å². The molecule has 0 aliphatic carbocycles. The average molecular weight is 1170 g/mol. The van der Waals surface area contributed by atoms with Crippen LogP contribution in [0.25, 0.3) is 0 Å². The summed E-state index contributed by atoms with van der Waals surface area (Å²) in [7, 11) is 0. The second-order valence-corrected chi connectivity index (χ2v) is 24.3. The van der Waals surface area contributed by atoms with E-state index in [0.717, 1.165) is 70.6 Å². The number of carbonyl (C=O) groups is 1. The predicted octanol–water partition coefficient (Wildman–Crippen LogP) is 13.3. The topological polar surface area (TPSA) is 228 Å². The maximum Gasteiger partial charge on any atom is 0.220 e. The molecule has 82 heavy (non-hydrogen) atoms. The number of amides is 1. The maximum absolute atomic E-state index is 13.3. The lowest BCUT2D eigenvalue weighted by molar-refractivity contribution is -0.359. The summed E-state index contributed by atoms with van der Waals surface area (Å²) in [4.78, 5) is 13.3. The van der Waals surface area contributed by atoms with E-state index < -0.39 is 86.8 Å². The second kappa shape index (κ2) is 53.4. The number of aliphatic hydroxyl groups is 8. The molecule has 9 N–H and O–H groups in total. The van der Waals surface area contributed by atoms with Crippen LogP contribution in [0.4, 0.5) is 0 Å². The summed E-state index contributed by atoms with van der Waals surface area (Å²) in [5, 5.41) is 87.6. The fourth-order valence-electron chi connectivity index (χ4n) is 11.4. The van der Waals surface area contributed by atoms with Gasteiger partial charge in [-0.25, -0.2) is 0 Å². The van der Waals surface area contributed by atoms with Crippen LogP contribution in [0.2, 0.25) is 0 Å². The number of nitrogens with one attached hydrogen (secondary N) is 1. The van der Waals surface area contributed by atoms with E-state index in [9.17, 15) is 45.6 Å². The minimum atomic E-state index is -1.78. The van der Waals surface area contributed by atoms with Gasteiger partial charge in [0.05, 0.1) is 32.0 Å². The van der Waals surface area contributed by atoms with E-state index in [1.165, 1.54) is 199 Å². The van der Waals surface area contributed by atoms with E-state index in [1.807, 2.05) is 0 Å². The van der Waals surface area contributed by atoms with Gasteiger partial charge in [-0.2, -0.15) is 0 Å². The fraction of sp³-hybridized carbons (Fsp3) is 0.897. The molecular formula is C68H127NO13. The van der Waals surface area contributed by atoms with E-state index in [1.54, 1.807) is 0 Å². The summed E-state index contributed by atoms with van der Waals surface area (Å²) in [6.07, 6.45) is 50.0. The smallest absolute Gasteiger partial charge is 0.220 e. The molecule has 0 bridgehead atoms. The lowest BCUT2D eigenvalue weighted by Gasteiger charge is -2.46. The first-order valence-corrected chi connectivity index (χ1v) is 34.2. The summed E-state index contributed by atoms with van der Waals surface area (Å²) in [5.41, 5.74) is 0. The highest BCUT2D eigenvalue weighted by Crippen LogP contribution is 2.30. The van der Waals surface area contributed by atoms with Gasteiger partial charge < -0.3 is 65.1 Å². The molecule has 14 nitrogen and oxygen atoms in total. The van der Waals surface area contributed by atoms with Crippen LogP contribution < -0.4 is 5.32 Å². The SMILES string of the molecule is CCCCCCC/C=C\C/C=C\C/C=C\CCCCCCCCCCCCC(=O)NC(COC1OC(CO)C(OC2OC(CO)C(O)C(O)C2O)C(O)C1O)C(O)CCCCCCCCCCCCCCCCCCCCCCCCC. The third kappa shape index (κ3) is 37.7. The third-order valence-corrected chi connectivity index (χ3v) is 16.9. The molecule has 0 aromatic heterocycles. The minimum Gasteiger partial charge on any atom is -0.394 e. The van der Waals surface area contributed by atoms with Gasteiger partial charge in [-0.3, -0.25) is 4.79 Å². The summed E-state index contributed by atoms with van der Waals surface area (Å²) < 4.78 is 22.9. The van der Waals surface area contributed by atoms with Crippen LogP contribution in [0.15, 0.2) is 36.5 Å². The molecule has 12 atom stereocenters. The number of rotatable bonds is 56. The Morgan fingerprint density at radius 1 is 0.439 bits per heavy atom. The van der Waals surface area contributed by atoms with Crippen molar-refractivity contribution in [3.05, 3.63) is 36.5 Å². The molecule has 0 aromatic rings. The molecule has 0 radical (unpaired) electrons. The number of allylic oxidation sites excluding steroid dienone is 6. The zero-order valence-corrected chi connectivity index (χ0v) is 52.2. The molecule has 0 spiro atoms. The maximum atomic E-state index is 13.3. The lowest BCUT2D eigenvalue weighted by Crippen LogP contribution is -2.65. The van der Waals surface area contributed by atoms with Crippen LogP contribution in [-0.2, 0) is 23.7 Å². The molecular weight excluding hydrogens is 1040 g/mol. The van der Waals surface area contributed by atoms with Crippen LogP contribution in [-0.4, -0.2) is 140 Å². The fourth-order valence-corrected chi connectivity index (χ4v) is 11.4. The summed E-state index contributed by atoms with van der Waals surface area (Å²) in [6, 6.07) is -0.832. The van der Waals surface area contributed by atoms with Crippen molar-refractivity contribution in [1.29, 1.82) is 0 Å². The minimum absolute atomic E-state index is 0.207. The lowest BCUT2D eigenvalue weighted by atomic mass is 9.97. The van der Waals surface area contributed by atoms with Crippen LogP contribution in [0.1, 0.15) is 296 Å². The predicted molar refractivity (Wildman–Crippen MR) is 332 cm³/mol. The highest BCUT2D eigenvalue weighted by atomic mass is 16.7. The van der Waals surface area contributed by atoms with Gasteiger partial charge in [-0.1, -0.05) is 275 Å². The molecule has 0 saturated carbocycles. The first-order valence-electron chi connectivity index (χ1n) is 34.2. The van der Waals surface area contributed by atoms with Gasteiger partial charge in [-0.15, -0.1) is 0 Å². The average Bonchev–Trinajstić information content (AvgIpc) is 3.56. The van der Waals surface area contributed by atoms with Crippen molar-refractivity contribution in [2.45, 2.75) is 370 Å². The number of ether oxygens (including phenoxy) is 4. The van der Waals surface area contributed by atoms with Crippen molar-refractivity contribution >= 4 is 5.91 Å². The van der Waals surface area contributed by atoms with Crippen LogP contribution in [0.3, 0.4) is 0 Å². The van der Waals surface area contributed by atoms with Crippen molar-refractivity contribution in [1.82, 2.24) is 5.32 Å². The van der Waals surface area contributed by atoms with E-state index in [0.29, 0.717) is 12.8 Å². The monoisotopic (exact) mass is 1170 g/mol. The molecule has 2 aliphatic heterocycles. The normalized spacial score (nSPS) is 24.1. The first-order chi connectivity index (χ1) is 40.1. The van der Waals surface area contributed by atoms with E-state index in [2.05, 4.69) is 55.6 Å². The van der Waals surface area contributed by atoms with Crippen LogP contribution in [0, 0.1) is 0 Å². The second-order valence-electron chi connectivity index (χ2n) is 24.3. The Bertz CT molecular complexity index is 1510. The third-order valence-electron chi connectivity index (χ3n) is 16.9. The molecule has 2 fully saturated rings. The zero-order chi connectivity index (χ0) is 59.5. The van der Waals surface area contributed by atoms with Gasteiger partial charge in [-0.05, 0) is 51.4 Å². The Balaban J connectivity index is 1.69. The standard InChI is InChI=1S/C68H127NO13/c1-3-5-7-9-11-13-15-17-19-21-23-25-27-28-30-32-34-36-38-40-42-44-46-48-50-52-60(73)69-56(55-79-67-65(78)63(76)66(59(54-71)81-67)82-68-64(77)62(75)61(74)58(53-70)80-68)57(72)51-49-47-45-43-41-39-37-35-33-31-29-26-24-22-20-18-16-14-12-10-8-6-4-2/h15,17,21,23,27-28,56-59,61-68,70-72,74-78H,3-14,16,18-20,22,24-26,29-55H2,1-2H3,(H,69,73)/b17-15-,23-21-,28-27-. The molecule has 2 saturated heterocycles. The number of hydrogen-bond acceptors (Lipinski definition) is 13. The quantitative estimate of drug-likeness (QED) is 0.0204. The number of aliphatic hydroxyl groups excluding tert-OH is 8. The van der Waals surface area contributed by atoms with Gasteiger partial charge in [0, 0.05) is 6.42 Å². The Morgan fingerprint density at radius 3 is 1.23 bits per heavy atom. The van der Waals surface area contributed by atoms with Gasteiger partial charge in [0.15, 0.2) is 12.6 Å². The first kappa shape index (κ1) is 76.3. The van der Waals surface area contributed by atoms with Crippen molar-refractivity contribution in [3.63, 3.8) is 0 Å². The molecule has 12 unspecified atom stereocenters. The summed E-state index contributed by atoms with van der Waals surface area (Å²) in [5.74, 6) is -0.207. The van der Waals surface area contributed by atoms with Crippen molar-refractivity contribution < 1.29 is 64.6 Å². The Kier molecular flexibility index (Phi) is 49.7. The molecule has 2 rings (SSSR count). The van der Waals surface area contributed by atoms with Crippen molar-refractivity contribution in [2.75, 3.05) is 19.8 Å². The Hall–Kier alpha value is -1.79. The molecule has 2 aliphatic rings. The van der Waals surface area contributed by atoms with E-state index in [4.69, 9.17) is 18.9 Å². The van der Waals surface area contributed by atoms with Crippen LogP contribution >= 0.6 is 0 Å². The van der Waals surface area contributed by atoms with Gasteiger partial charge in [0.25, 0.3) is 0 Å². The summed E-state index contributed by atoms with van der Waals surface area (Å²) >= 11 is 0. The molecule has 482 valence electrons. The molecule has 14 heteroatoms. The number of unbranched alkanes of at least 4 members (excludes halogenated alkanes) is 37. The number of carbonyl (C=O) groups excluding carboxylic acids is 1. The van der Waals surface area contributed by atoms with Gasteiger partial charge in [0.2, 0.25) is 5.91 Å². The molecule has 2 heterocycles. The highest BCUT2D eigenvalue weighted by Gasteiger charge is 2.51. The summed E-state index contributed by atoms with van der Waals surface area (Å²) in [6.45, 7) is 2.89. The van der Waals surface area contributed by atoms with Crippen LogP contribution in [0.5, 0.6) is 0 Å². The van der Waals surface area contributed by atoms with Crippen molar-refractivity contribution in [2.24, 2.45) is 0 Å². The van der Waals surface area contributed by atoms with Gasteiger partial charge >= 0.3 is 0 Å². The Labute approximate surface area is 500 Å². The largest absolute Gasteiger partial charge is 0.394 e. The molecule has 0 aromatic carbocycles. The highest BCUT2D eigenvalue weighted by molar-refractivity contribution is 5.76. The van der Waals surface area contributed by atoms with E-state index in [-0.39, 0.29) is 12.5 Å².